The number of rotatable bonds is 4. The van der Waals surface area contributed by atoms with Gasteiger partial charge in [0.25, 0.3) is 0 Å². The minimum absolute atomic E-state index is 0.0110. The lowest BCUT2D eigenvalue weighted by atomic mass is 9.96. The molecule has 0 atom stereocenters. The van der Waals surface area contributed by atoms with E-state index in [1.54, 1.807) is 24.8 Å². The number of hydrogen-bond donors (Lipinski definition) is 3. The van der Waals surface area contributed by atoms with Crippen LogP contribution in [0.3, 0.4) is 0 Å². The number of amides is 1. The van der Waals surface area contributed by atoms with Crippen LogP contribution in [-0.2, 0) is 4.79 Å². The summed E-state index contributed by atoms with van der Waals surface area (Å²) < 4.78 is 0. The average molecular weight is 479 g/mol. The van der Waals surface area contributed by atoms with E-state index in [0.717, 1.165) is 42.4 Å². The van der Waals surface area contributed by atoms with Gasteiger partial charge in [0.1, 0.15) is 17.3 Å². The van der Waals surface area contributed by atoms with E-state index in [9.17, 15) is 10.1 Å². The van der Waals surface area contributed by atoms with E-state index in [1.165, 1.54) is 6.20 Å². The van der Waals surface area contributed by atoms with Crippen molar-refractivity contribution in [3.05, 3.63) is 48.7 Å². The number of carbonyl (C=O) groups is 1. The number of aromatic nitrogens is 7. The van der Waals surface area contributed by atoms with E-state index in [2.05, 4.69) is 58.5 Å². The molecule has 3 N–H and O–H groups in total. The number of aromatic amines is 2. The fraction of sp³-hybridized carbons (Fsp3) is 0.240. The fourth-order valence-corrected chi connectivity index (χ4v) is 4.55. The third-order valence-electron chi connectivity index (χ3n) is 6.59. The zero-order chi connectivity index (χ0) is 24.6. The van der Waals surface area contributed by atoms with Gasteiger partial charge >= 0.3 is 0 Å². The normalized spacial score (nSPS) is 14.8. The molecule has 1 amide bonds. The summed E-state index contributed by atoms with van der Waals surface area (Å²) in [6.45, 7) is 1.85. The molecule has 11 nitrogen and oxygen atoms in total. The fourth-order valence-electron chi connectivity index (χ4n) is 4.55. The molecule has 0 aliphatic carbocycles. The van der Waals surface area contributed by atoms with E-state index in [4.69, 9.17) is 0 Å². The Labute approximate surface area is 205 Å². The van der Waals surface area contributed by atoms with Gasteiger partial charge in [-0.15, -0.1) is 0 Å². The van der Waals surface area contributed by atoms with Gasteiger partial charge < -0.3 is 15.2 Å². The first kappa shape index (κ1) is 21.8. The van der Waals surface area contributed by atoms with Crippen LogP contribution in [0.1, 0.15) is 18.4 Å². The summed E-state index contributed by atoms with van der Waals surface area (Å²) in [5.41, 5.74) is 5.08. The molecule has 1 aliphatic rings. The first-order valence-corrected chi connectivity index (χ1v) is 11.6. The van der Waals surface area contributed by atoms with Gasteiger partial charge in [0.15, 0.2) is 11.5 Å². The smallest absolute Gasteiger partial charge is 0.227 e. The number of nitriles is 1. The van der Waals surface area contributed by atoms with Crippen molar-refractivity contribution in [2.24, 2.45) is 5.92 Å². The van der Waals surface area contributed by atoms with Crippen molar-refractivity contribution in [2.75, 3.05) is 25.5 Å². The highest BCUT2D eigenvalue weighted by Gasteiger charge is 2.23. The van der Waals surface area contributed by atoms with Crippen LogP contribution < -0.4 is 5.32 Å². The molecule has 1 saturated heterocycles. The maximum Gasteiger partial charge on any atom is 0.227 e. The molecule has 6 rings (SSSR count). The van der Waals surface area contributed by atoms with Crippen molar-refractivity contribution < 1.29 is 4.79 Å². The van der Waals surface area contributed by atoms with Gasteiger partial charge in [-0.05, 0) is 45.1 Å². The molecule has 0 saturated carbocycles. The molecule has 1 aliphatic heterocycles. The van der Waals surface area contributed by atoms with Crippen molar-refractivity contribution in [3.63, 3.8) is 0 Å². The summed E-state index contributed by atoms with van der Waals surface area (Å²) in [6, 6.07) is 5.97. The Balaban J connectivity index is 1.31. The second kappa shape index (κ2) is 8.83. The van der Waals surface area contributed by atoms with E-state index in [0.29, 0.717) is 39.4 Å². The van der Waals surface area contributed by atoms with Crippen LogP contribution >= 0.6 is 0 Å². The van der Waals surface area contributed by atoms with E-state index in [-0.39, 0.29) is 11.8 Å². The summed E-state index contributed by atoms with van der Waals surface area (Å²) in [5.74, 6) is 0.578. The van der Waals surface area contributed by atoms with Crippen molar-refractivity contribution in [1.82, 2.24) is 40.0 Å². The molecule has 0 spiro atoms. The Hall–Kier alpha value is -4.69. The van der Waals surface area contributed by atoms with Crippen LogP contribution in [0.5, 0.6) is 0 Å². The first-order chi connectivity index (χ1) is 17.6. The lowest BCUT2D eigenvalue weighted by Gasteiger charge is -2.28. The van der Waals surface area contributed by atoms with Gasteiger partial charge in [0.05, 0.1) is 34.5 Å². The molecule has 36 heavy (non-hydrogen) atoms. The van der Waals surface area contributed by atoms with Crippen molar-refractivity contribution in [1.29, 1.82) is 5.26 Å². The molecule has 1 fully saturated rings. The highest BCUT2D eigenvalue weighted by Crippen LogP contribution is 2.30. The predicted octanol–water partition coefficient (Wildman–Crippen LogP) is 3.11. The second-order valence-electron chi connectivity index (χ2n) is 9.00. The molecule has 5 aromatic rings. The quantitative estimate of drug-likeness (QED) is 0.356. The van der Waals surface area contributed by atoms with Crippen LogP contribution in [0.15, 0.2) is 43.1 Å². The summed E-state index contributed by atoms with van der Waals surface area (Å²) in [5, 5.41) is 20.5. The maximum atomic E-state index is 12.8. The van der Waals surface area contributed by atoms with Gasteiger partial charge in [0.2, 0.25) is 5.91 Å². The standard InChI is InChI=1S/C25H22N10O/c1-35-4-2-14(3-5-35)25(36)30-18-6-15(9-27-12-18)16-7-19-22(33-34-23(19)29-11-16)24-31-20-13-28-10-17(8-26)21(20)32-24/h6-7,9-14H,2-5H2,1H3,(H,30,36)(H,31,32)(H,29,33,34). The Morgan fingerprint density at radius 2 is 1.92 bits per heavy atom. The lowest BCUT2D eigenvalue weighted by Crippen LogP contribution is -2.35. The van der Waals surface area contributed by atoms with Crippen molar-refractivity contribution >= 4 is 33.7 Å². The number of anilines is 1. The number of H-pyrrole nitrogens is 2. The van der Waals surface area contributed by atoms with E-state index >= 15 is 0 Å². The largest absolute Gasteiger partial charge is 0.335 e. The van der Waals surface area contributed by atoms with Gasteiger partial charge in [-0.3, -0.25) is 19.9 Å². The van der Waals surface area contributed by atoms with Gasteiger partial charge in [0, 0.05) is 35.6 Å². The highest BCUT2D eigenvalue weighted by atomic mass is 16.1. The van der Waals surface area contributed by atoms with Crippen LogP contribution in [0, 0.1) is 17.2 Å². The number of fused-ring (bicyclic) bond motifs is 2. The lowest BCUT2D eigenvalue weighted by molar-refractivity contribution is -0.121. The van der Waals surface area contributed by atoms with E-state index in [1.807, 2.05) is 12.1 Å². The van der Waals surface area contributed by atoms with Crippen molar-refractivity contribution in [3.8, 4) is 28.7 Å². The summed E-state index contributed by atoms with van der Waals surface area (Å²) >= 11 is 0. The molecule has 0 unspecified atom stereocenters. The zero-order valence-electron chi connectivity index (χ0n) is 19.5. The van der Waals surface area contributed by atoms with Crippen LogP contribution in [0.4, 0.5) is 5.69 Å². The number of nitrogens with one attached hydrogen (secondary N) is 3. The van der Waals surface area contributed by atoms with Crippen molar-refractivity contribution in [2.45, 2.75) is 12.8 Å². The van der Waals surface area contributed by atoms with Gasteiger partial charge in [-0.2, -0.15) is 10.4 Å². The van der Waals surface area contributed by atoms with Gasteiger partial charge in [-0.1, -0.05) is 0 Å². The molecule has 0 aromatic carbocycles. The molecule has 0 radical (unpaired) electrons. The molecule has 178 valence electrons. The first-order valence-electron chi connectivity index (χ1n) is 11.6. The minimum Gasteiger partial charge on any atom is -0.335 e. The highest BCUT2D eigenvalue weighted by molar-refractivity contribution is 5.95. The Morgan fingerprint density at radius 1 is 1.11 bits per heavy atom. The number of nitrogens with zero attached hydrogens (tertiary/aromatic N) is 7. The number of carbonyl (C=O) groups excluding carboxylic acids is 1. The molecular weight excluding hydrogens is 456 g/mol. The molecular formula is C25H22N10O. The monoisotopic (exact) mass is 478 g/mol. The summed E-state index contributed by atoms with van der Waals surface area (Å²) in [4.78, 5) is 35.7. The third kappa shape index (κ3) is 3.93. The number of likely N-dealkylation sites (tertiary alicyclic amines) is 1. The van der Waals surface area contributed by atoms with Crippen LogP contribution in [0.25, 0.3) is 44.7 Å². The van der Waals surface area contributed by atoms with Gasteiger partial charge in [-0.25, -0.2) is 9.97 Å². The minimum atomic E-state index is 0.0110. The average Bonchev–Trinajstić information content (AvgIpc) is 3.52. The summed E-state index contributed by atoms with van der Waals surface area (Å²) in [7, 11) is 2.08. The topological polar surface area (TPSA) is 152 Å². The molecule has 6 heterocycles. The Bertz CT molecular complexity index is 1640. The maximum absolute atomic E-state index is 12.8. The molecule has 11 heteroatoms. The number of imidazole rings is 1. The molecule has 0 bridgehead atoms. The molecule has 5 aromatic heterocycles. The zero-order valence-corrected chi connectivity index (χ0v) is 19.5. The Morgan fingerprint density at radius 3 is 2.75 bits per heavy atom. The number of piperidine rings is 1. The SMILES string of the molecule is CN1CCC(C(=O)Nc2cncc(-c3cnc4n[nH]c(-c5nc6c(C#N)cncc6[nH]5)c4c3)c2)CC1. The Kier molecular flexibility index (Phi) is 5.35. The predicted molar refractivity (Wildman–Crippen MR) is 134 cm³/mol. The van der Waals surface area contributed by atoms with Crippen LogP contribution in [-0.4, -0.2) is 66.1 Å². The van der Waals surface area contributed by atoms with E-state index < -0.39 is 0 Å². The van der Waals surface area contributed by atoms with Crippen LogP contribution in [0.2, 0.25) is 0 Å². The summed E-state index contributed by atoms with van der Waals surface area (Å²) in [6.07, 6.45) is 9.94. The third-order valence-corrected chi connectivity index (χ3v) is 6.59. The second-order valence-corrected chi connectivity index (χ2v) is 9.00. The number of pyridine rings is 3. The number of hydrogen-bond acceptors (Lipinski definition) is 8.